The molecule has 0 aromatic heterocycles. The Balaban J connectivity index is 2.74. The van der Waals surface area contributed by atoms with E-state index in [1.807, 2.05) is 25.1 Å². The quantitative estimate of drug-likeness (QED) is 0.344. The van der Waals surface area contributed by atoms with Gasteiger partial charge in [0.25, 0.3) is 0 Å². The van der Waals surface area contributed by atoms with Crippen molar-refractivity contribution in [2.75, 3.05) is 0 Å². The zero-order chi connectivity index (χ0) is 12.2. The van der Waals surface area contributed by atoms with E-state index in [0.29, 0.717) is 11.3 Å². The number of hydrogen-bond acceptors (Lipinski definition) is 2. The summed E-state index contributed by atoms with van der Waals surface area (Å²) >= 11 is 0. The third kappa shape index (κ3) is 4.44. The second kappa shape index (κ2) is 5.12. The van der Waals surface area contributed by atoms with Crippen molar-refractivity contribution in [2.24, 2.45) is 0 Å². The molecule has 0 saturated heterocycles. The van der Waals surface area contributed by atoms with E-state index in [-0.39, 0.29) is 5.78 Å². The first-order chi connectivity index (χ1) is 7.38. The molecule has 0 fully saturated rings. The molecular weight excluding hydrogens is 216 g/mol. The van der Waals surface area contributed by atoms with Gasteiger partial charge >= 0.3 is 0 Å². The number of ketones is 1. The maximum absolute atomic E-state index is 11.8. The van der Waals surface area contributed by atoms with Crippen LogP contribution in [-0.4, -0.2) is 14.1 Å². The van der Waals surface area contributed by atoms with E-state index in [1.54, 1.807) is 18.2 Å². The minimum Gasteiger partial charge on any atom is -0.547 e. The van der Waals surface area contributed by atoms with Crippen LogP contribution in [0.5, 0.6) is 0 Å². The summed E-state index contributed by atoms with van der Waals surface area (Å²) in [5.74, 6) is 0.698. The molecule has 0 radical (unpaired) electrons. The number of carbonyl (C=O) groups is 1. The molecule has 1 rings (SSSR count). The number of rotatable bonds is 4. The minimum atomic E-state index is -1.61. The van der Waals surface area contributed by atoms with Crippen molar-refractivity contribution in [1.29, 1.82) is 0 Å². The first-order valence-corrected chi connectivity index (χ1v) is 8.76. The second-order valence-electron chi connectivity index (χ2n) is 4.70. The standard InChI is InChI=1S/C13H18O2Si/c1-11(15-16(2,3)4)10-13(14)12-8-6-5-7-9-12/h5-10H,1-4H3/b11-10-. The Morgan fingerprint density at radius 1 is 1.19 bits per heavy atom. The van der Waals surface area contributed by atoms with E-state index >= 15 is 0 Å². The highest BCUT2D eigenvalue weighted by molar-refractivity contribution is 6.70. The molecule has 1 aromatic rings. The largest absolute Gasteiger partial charge is 0.547 e. The molecule has 1 aromatic carbocycles. The Kier molecular flexibility index (Phi) is 4.07. The van der Waals surface area contributed by atoms with Crippen molar-refractivity contribution < 1.29 is 9.22 Å². The fraction of sp³-hybridized carbons (Fsp3) is 0.308. The second-order valence-corrected chi connectivity index (χ2v) is 9.13. The molecule has 0 amide bonds. The van der Waals surface area contributed by atoms with Crippen LogP contribution in [0.4, 0.5) is 0 Å². The summed E-state index contributed by atoms with van der Waals surface area (Å²) in [5.41, 5.74) is 0.695. The first-order valence-electron chi connectivity index (χ1n) is 5.35. The van der Waals surface area contributed by atoms with E-state index in [4.69, 9.17) is 4.43 Å². The topological polar surface area (TPSA) is 26.3 Å². The Labute approximate surface area is 98.1 Å². The van der Waals surface area contributed by atoms with Crippen LogP contribution in [0.15, 0.2) is 42.2 Å². The lowest BCUT2D eigenvalue weighted by Gasteiger charge is -2.19. The van der Waals surface area contributed by atoms with Crippen LogP contribution in [-0.2, 0) is 4.43 Å². The van der Waals surface area contributed by atoms with Crippen LogP contribution < -0.4 is 0 Å². The van der Waals surface area contributed by atoms with Crippen LogP contribution in [0.25, 0.3) is 0 Å². The summed E-state index contributed by atoms with van der Waals surface area (Å²) < 4.78 is 5.71. The van der Waals surface area contributed by atoms with Crippen molar-refractivity contribution in [1.82, 2.24) is 0 Å². The van der Waals surface area contributed by atoms with Gasteiger partial charge in [-0.25, -0.2) is 0 Å². The van der Waals surface area contributed by atoms with Crippen molar-refractivity contribution in [3.05, 3.63) is 47.7 Å². The molecule has 2 nitrogen and oxygen atoms in total. The molecule has 0 unspecified atom stereocenters. The molecule has 0 bridgehead atoms. The fourth-order valence-electron chi connectivity index (χ4n) is 1.38. The van der Waals surface area contributed by atoms with Gasteiger partial charge in [0.1, 0.15) is 0 Å². The van der Waals surface area contributed by atoms with Gasteiger partial charge in [-0.15, -0.1) is 0 Å². The molecule has 0 aliphatic heterocycles. The van der Waals surface area contributed by atoms with Gasteiger partial charge in [-0.05, 0) is 26.6 Å². The predicted molar refractivity (Wildman–Crippen MR) is 69.0 cm³/mol. The van der Waals surface area contributed by atoms with Crippen molar-refractivity contribution >= 4 is 14.1 Å². The molecule has 0 aliphatic rings. The van der Waals surface area contributed by atoms with Crippen molar-refractivity contribution in [3.8, 4) is 0 Å². The Morgan fingerprint density at radius 2 is 1.75 bits per heavy atom. The van der Waals surface area contributed by atoms with Gasteiger partial charge in [0.05, 0.1) is 5.76 Å². The highest BCUT2D eigenvalue weighted by Gasteiger charge is 2.16. The fourth-order valence-corrected chi connectivity index (χ4v) is 2.41. The summed E-state index contributed by atoms with van der Waals surface area (Å²) in [6.07, 6.45) is 1.56. The third-order valence-corrected chi connectivity index (χ3v) is 2.79. The summed E-state index contributed by atoms with van der Waals surface area (Å²) in [7, 11) is -1.61. The van der Waals surface area contributed by atoms with Crippen molar-refractivity contribution in [3.63, 3.8) is 0 Å². The van der Waals surface area contributed by atoms with Crippen LogP contribution in [0.1, 0.15) is 17.3 Å². The van der Waals surface area contributed by atoms with E-state index in [2.05, 4.69) is 19.6 Å². The van der Waals surface area contributed by atoms with Gasteiger partial charge in [-0.3, -0.25) is 4.79 Å². The molecule has 0 saturated carbocycles. The lowest BCUT2D eigenvalue weighted by atomic mass is 10.1. The highest BCUT2D eigenvalue weighted by Crippen LogP contribution is 2.11. The highest BCUT2D eigenvalue weighted by atomic mass is 28.4. The van der Waals surface area contributed by atoms with Gasteiger partial charge < -0.3 is 4.43 Å². The van der Waals surface area contributed by atoms with E-state index in [9.17, 15) is 4.79 Å². The lowest BCUT2D eigenvalue weighted by Crippen LogP contribution is -2.24. The molecule has 16 heavy (non-hydrogen) atoms. The Bertz CT molecular complexity index is 388. The van der Waals surface area contributed by atoms with Gasteiger partial charge in [0.2, 0.25) is 8.32 Å². The van der Waals surface area contributed by atoms with Gasteiger partial charge in [-0.1, -0.05) is 30.3 Å². The molecule has 0 N–H and O–H groups in total. The lowest BCUT2D eigenvalue weighted by molar-refractivity contribution is 0.104. The molecule has 0 aliphatic carbocycles. The number of carbonyl (C=O) groups excluding carboxylic acids is 1. The van der Waals surface area contributed by atoms with Crippen molar-refractivity contribution in [2.45, 2.75) is 26.6 Å². The zero-order valence-electron chi connectivity index (χ0n) is 10.3. The van der Waals surface area contributed by atoms with E-state index < -0.39 is 8.32 Å². The molecule has 0 heterocycles. The average Bonchev–Trinajstić information content (AvgIpc) is 2.16. The summed E-state index contributed by atoms with van der Waals surface area (Å²) in [4.78, 5) is 11.8. The number of benzene rings is 1. The summed E-state index contributed by atoms with van der Waals surface area (Å²) in [5, 5.41) is 0. The number of allylic oxidation sites excluding steroid dienone is 2. The SMILES string of the molecule is C/C(=C/C(=O)c1ccccc1)O[Si](C)(C)C. The normalized spacial score (nSPS) is 12.4. The zero-order valence-corrected chi connectivity index (χ0v) is 11.3. The molecule has 0 atom stereocenters. The van der Waals surface area contributed by atoms with Crippen LogP contribution >= 0.6 is 0 Å². The van der Waals surface area contributed by atoms with Gasteiger partial charge in [0.15, 0.2) is 5.78 Å². The van der Waals surface area contributed by atoms with Gasteiger partial charge in [-0.2, -0.15) is 0 Å². The van der Waals surface area contributed by atoms with Gasteiger partial charge in [0, 0.05) is 11.6 Å². The number of hydrogen-bond donors (Lipinski definition) is 0. The van der Waals surface area contributed by atoms with Crippen LogP contribution in [0.2, 0.25) is 19.6 Å². The predicted octanol–water partition coefficient (Wildman–Crippen LogP) is 3.62. The Hall–Kier alpha value is -1.35. The average molecular weight is 234 g/mol. The Morgan fingerprint density at radius 3 is 2.25 bits per heavy atom. The first kappa shape index (κ1) is 12.7. The molecule has 86 valence electrons. The summed E-state index contributed by atoms with van der Waals surface area (Å²) in [6.45, 7) is 8.12. The maximum Gasteiger partial charge on any atom is 0.241 e. The van der Waals surface area contributed by atoms with Crippen LogP contribution in [0.3, 0.4) is 0 Å². The monoisotopic (exact) mass is 234 g/mol. The molecule has 0 spiro atoms. The summed E-state index contributed by atoms with van der Waals surface area (Å²) in [6, 6.07) is 9.22. The van der Waals surface area contributed by atoms with E-state index in [1.165, 1.54) is 0 Å². The maximum atomic E-state index is 11.8. The minimum absolute atomic E-state index is 0.00338. The van der Waals surface area contributed by atoms with E-state index in [0.717, 1.165) is 0 Å². The van der Waals surface area contributed by atoms with Crippen LogP contribution in [0, 0.1) is 0 Å². The molecule has 3 heteroatoms. The third-order valence-electron chi connectivity index (χ3n) is 1.86. The smallest absolute Gasteiger partial charge is 0.241 e. The molecular formula is C13H18O2Si.